The van der Waals surface area contributed by atoms with Crippen LogP contribution in [0.15, 0.2) is 0 Å². The monoisotopic (exact) mass is 187 g/mol. The first-order valence-corrected chi connectivity index (χ1v) is 3.62. The molecule has 0 fully saturated rings. The largest absolute Gasteiger partial charge is 0.286 e. The molecule has 0 aliphatic carbocycles. The van der Waals surface area contributed by atoms with Gasteiger partial charge < -0.3 is 0 Å². The van der Waals surface area contributed by atoms with Gasteiger partial charge in [-0.05, 0) is 6.42 Å². The first kappa shape index (κ1) is 11.3. The normalized spacial score (nSPS) is 10.2. The van der Waals surface area contributed by atoms with E-state index in [1.165, 1.54) is 0 Å². The minimum absolute atomic E-state index is 0. The minimum Gasteiger partial charge on any atom is -0.286 e. The molecule has 0 atom stereocenters. The Bertz CT molecular complexity index is 127. The third kappa shape index (κ3) is 9.66. The second-order valence-electron chi connectivity index (χ2n) is 1.29. The number of hydrogen-bond donors (Lipinski definition) is 1. The molecule has 8 heavy (non-hydrogen) atoms. The van der Waals surface area contributed by atoms with Crippen molar-refractivity contribution in [3.8, 4) is 0 Å². The molecule has 0 aromatic rings. The fraction of sp³-hybridized carbons (Fsp3) is 1.00. The van der Waals surface area contributed by atoms with Gasteiger partial charge in [0, 0.05) is 17.1 Å². The Morgan fingerprint density at radius 1 is 1.50 bits per heavy atom. The first-order chi connectivity index (χ1) is 3.06. The Kier molecular flexibility index (Phi) is 6.08. The summed E-state index contributed by atoms with van der Waals surface area (Å²) in [6, 6.07) is 0. The van der Waals surface area contributed by atoms with Gasteiger partial charge in [0.15, 0.2) is 0 Å². The molecule has 1 radical (unpaired) electrons. The summed E-state index contributed by atoms with van der Waals surface area (Å²) in [4.78, 5) is 0. The van der Waals surface area contributed by atoms with Crippen molar-refractivity contribution < 1.29 is 30.0 Å². The van der Waals surface area contributed by atoms with Crippen molar-refractivity contribution >= 4 is 10.1 Å². The SMILES string of the molecule is CCCS(=O)(=O)O.[Cu]. The van der Waals surface area contributed by atoms with Crippen molar-refractivity contribution in [3.63, 3.8) is 0 Å². The zero-order chi connectivity index (χ0) is 5.91. The van der Waals surface area contributed by atoms with Crippen LogP contribution >= 0.6 is 0 Å². The van der Waals surface area contributed by atoms with Crippen LogP contribution in [-0.4, -0.2) is 18.7 Å². The molecule has 0 heterocycles. The predicted molar refractivity (Wildman–Crippen MR) is 26.7 cm³/mol. The van der Waals surface area contributed by atoms with Crippen LogP contribution in [0.3, 0.4) is 0 Å². The molecule has 0 aromatic heterocycles. The van der Waals surface area contributed by atoms with Crippen LogP contribution in [0, 0.1) is 0 Å². The van der Waals surface area contributed by atoms with Crippen LogP contribution in [0.2, 0.25) is 0 Å². The molecular formula is C3H8CuO3S. The van der Waals surface area contributed by atoms with Crippen LogP contribution in [0.5, 0.6) is 0 Å². The van der Waals surface area contributed by atoms with Crippen molar-refractivity contribution in [2.45, 2.75) is 13.3 Å². The second-order valence-corrected chi connectivity index (χ2v) is 2.86. The Hall–Kier alpha value is 0.429. The Labute approximate surface area is 59.7 Å². The second kappa shape index (κ2) is 4.32. The number of hydrogen-bond acceptors (Lipinski definition) is 2. The molecule has 1 N–H and O–H groups in total. The molecule has 0 aliphatic heterocycles. The molecule has 3 nitrogen and oxygen atoms in total. The standard InChI is InChI=1S/C3H8O3S.Cu/c1-2-3-7(4,5)6;/h2-3H2,1H3,(H,4,5,6);. The quantitative estimate of drug-likeness (QED) is 0.499. The van der Waals surface area contributed by atoms with Crippen molar-refractivity contribution in [1.82, 2.24) is 0 Å². The van der Waals surface area contributed by atoms with Gasteiger partial charge in [-0.25, -0.2) is 0 Å². The van der Waals surface area contributed by atoms with E-state index in [0.717, 1.165) is 0 Å². The summed E-state index contributed by atoms with van der Waals surface area (Å²) in [5.41, 5.74) is 0. The van der Waals surface area contributed by atoms with Crippen molar-refractivity contribution in [2.24, 2.45) is 0 Å². The van der Waals surface area contributed by atoms with E-state index in [1.54, 1.807) is 6.92 Å². The van der Waals surface area contributed by atoms with Crippen LogP contribution in [0.1, 0.15) is 13.3 Å². The van der Waals surface area contributed by atoms with Crippen LogP contribution < -0.4 is 0 Å². The van der Waals surface area contributed by atoms with Gasteiger partial charge in [-0.15, -0.1) is 0 Å². The average Bonchev–Trinajstić information content (AvgIpc) is 1.30. The van der Waals surface area contributed by atoms with Crippen LogP contribution in [-0.2, 0) is 27.2 Å². The molecule has 0 saturated carbocycles. The molecule has 0 bridgehead atoms. The van der Waals surface area contributed by atoms with Crippen LogP contribution in [0.4, 0.5) is 0 Å². The molecule has 0 aromatic carbocycles. The molecule has 55 valence electrons. The molecule has 0 rings (SSSR count). The minimum atomic E-state index is -3.67. The van der Waals surface area contributed by atoms with E-state index in [2.05, 4.69) is 0 Å². The van der Waals surface area contributed by atoms with Crippen molar-refractivity contribution in [1.29, 1.82) is 0 Å². The molecule has 0 amide bonds. The van der Waals surface area contributed by atoms with E-state index < -0.39 is 10.1 Å². The van der Waals surface area contributed by atoms with Gasteiger partial charge >= 0.3 is 0 Å². The number of rotatable bonds is 2. The van der Waals surface area contributed by atoms with E-state index >= 15 is 0 Å². The molecule has 0 saturated heterocycles. The maximum Gasteiger partial charge on any atom is 0.264 e. The van der Waals surface area contributed by atoms with Gasteiger partial charge in [0.05, 0.1) is 5.75 Å². The molecule has 5 heteroatoms. The Morgan fingerprint density at radius 2 is 1.88 bits per heavy atom. The van der Waals surface area contributed by atoms with Crippen molar-refractivity contribution in [2.75, 3.05) is 5.75 Å². The fourth-order valence-corrected chi connectivity index (χ4v) is 0.774. The molecule has 0 unspecified atom stereocenters. The summed E-state index contributed by atoms with van der Waals surface area (Å²) in [5, 5.41) is 0. The van der Waals surface area contributed by atoms with Crippen LogP contribution in [0.25, 0.3) is 0 Å². The zero-order valence-corrected chi connectivity index (χ0v) is 6.15. The maximum absolute atomic E-state index is 9.79. The topological polar surface area (TPSA) is 54.4 Å². The van der Waals surface area contributed by atoms with E-state index in [0.29, 0.717) is 6.42 Å². The van der Waals surface area contributed by atoms with Gasteiger partial charge in [-0.1, -0.05) is 6.92 Å². The van der Waals surface area contributed by atoms with Gasteiger partial charge in [-0.2, -0.15) is 8.42 Å². The van der Waals surface area contributed by atoms with Gasteiger partial charge in [0.1, 0.15) is 0 Å². The fourth-order valence-electron chi connectivity index (χ4n) is 0.258. The summed E-state index contributed by atoms with van der Waals surface area (Å²) in [5.74, 6) is -0.132. The Balaban J connectivity index is 0. The Morgan fingerprint density at radius 3 is 1.88 bits per heavy atom. The maximum atomic E-state index is 9.79. The smallest absolute Gasteiger partial charge is 0.264 e. The van der Waals surface area contributed by atoms with E-state index in [-0.39, 0.29) is 22.8 Å². The summed E-state index contributed by atoms with van der Waals surface area (Å²) in [7, 11) is -3.67. The van der Waals surface area contributed by atoms with Crippen molar-refractivity contribution in [3.05, 3.63) is 0 Å². The van der Waals surface area contributed by atoms with Gasteiger partial charge in [-0.3, -0.25) is 4.55 Å². The van der Waals surface area contributed by atoms with Gasteiger partial charge in [0.25, 0.3) is 10.1 Å². The zero-order valence-electron chi connectivity index (χ0n) is 4.39. The summed E-state index contributed by atoms with van der Waals surface area (Å²) >= 11 is 0. The first-order valence-electron chi connectivity index (χ1n) is 2.01. The summed E-state index contributed by atoms with van der Waals surface area (Å²) < 4.78 is 27.6. The third-order valence-corrected chi connectivity index (χ3v) is 1.39. The molecule has 0 aliphatic rings. The summed E-state index contributed by atoms with van der Waals surface area (Å²) in [6.45, 7) is 1.69. The molecular weight excluding hydrogens is 180 g/mol. The van der Waals surface area contributed by atoms with E-state index in [4.69, 9.17) is 4.55 Å². The van der Waals surface area contributed by atoms with E-state index in [9.17, 15) is 8.42 Å². The van der Waals surface area contributed by atoms with Gasteiger partial charge in [0.2, 0.25) is 0 Å². The third-order valence-electron chi connectivity index (χ3n) is 0.462. The summed E-state index contributed by atoms with van der Waals surface area (Å²) in [6.07, 6.45) is 0.471. The average molecular weight is 188 g/mol. The molecule has 0 spiro atoms. The predicted octanol–water partition coefficient (Wildman–Crippen LogP) is 0.282. The van der Waals surface area contributed by atoms with E-state index in [1.807, 2.05) is 0 Å².